The van der Waals surface area contributed by atoms with Crippen molar-refractivity contribution in [3.05, 3.63) is 95.1 Å². The Morgan fingerprint density at radius 2 is 2.07 bits per heavy atom. The van der Waals surface area contributed by atoms with Crippen LogP contribution >= 0.6 is 11.8 Å². The summed E-state index contributed by atoms with van der Waals surface area (Å²) in [5.74, 6) is 1.91. The van der Waals surface area contributed by atoms with E-state index in [1.54, 1.807) is 26.2 Å². The number of methoxy groups -OCH3 is 1. The second-order valence-electron chi connectivity index (χ2n) is 10.8. The molecule has 2 atom stereocenters. The van der Waals surface area contributed by atoms with E-state index in [4.69, 9.17) is 14.7 Å². The zero-order valence-corrected chi connectivity index (χ0v) is 28.7. The van der Waals surface area contributed by atoms with Gasteiger partial charge in [-0.25, -0.2) is 9.38 Å². The molecule has 0 saturated carbocycles. The lowest BCUT2D eigenvalue weighted by atomic mass is 10.1. The number of nitrogens with zero attached hydrogens (tertiary/aromatic N) is 3. The van der Waals surface area contributed by atoms with Crippen molar-refractivity contribution in [3.8, 4) is 0 Å². The van der Waals surface area contributed by atoms with Crippen molar-refractivity contribution < 1.29 is 24.4 Å². The van der Waals surface area contributed by atoms with Gasteiger partial charge < -0.3 is 35.6 Å². The number of hydrogen-bond acceptors (Lipinski definition) is 9. The van der Waals surface area contributed by atoms with E-state index in [9.17, 15) is 19.7 Å². The molecule has 0 amide bonds. The number of allylic oxidation sites excluding steroid dienone is 6. The number of aliphatic hydroxyl groups excluding tert-OH is 3. The Labute approximate surface area is 278 Å². The van der Waals surface area contributed by atoms with Crippen LogP contribution in [0.3, 0.4) is 0 Å². The van der Waals surface area contributed by atoms with Crippen LogP contribution in [0, 0.1) is 0 Å². The Bertz CT molecular complexity index is 1280. The van der Waals surface area contributed by atoms with Crippen molar-refractivity contribution in [2.75, 3.05) is 46.7 Å². The number of nitrogens with one attached hydrogen (secondary N) is 2. The molecule has 46 heavy (non-hydrogen) atoms. The number of rotatable bonds is 18. The minimum Gasteiger partial charge on any atom is -0.512 e. The van der Waals surface area contributed by atoms with Crippen LogP contribution in [-0.2, 0) is 4.74 Å². The van der Waals surface area contributed by atoms with Crippen LogP contribution < -0.4 is 10.6 Å². The number of thioether (sulfide) groups is 1. The third kappa shape index (κ3) is 14.4. The van der Waals surface area contributed by atoms with E-state index in [1.165, 1.54) is 23.9 Å². The predicted molar refractivity (Wildman–Crippen MR) is 190 cm³/mol. The van der Waals surface area contributed by atoms with Gasteiger partial charge in [-0.2, -0.15) is 0 Å². The summed E-state index contributed by atoms with van der Waals surface area (Å²) < 4.78 is 19.1. The van der Waals surface area contributed by atoms with Crippen LogP contribution in [0.25, 0.3) is 0 Å². The lowest BCUT2D eigenvalue weighted by molar-refractivity contribution is 0.282. The number of hydrogen-bond donors (Lipinski definition) is 5. The van der Waals surface area contributed by atoms with E-state index < -0.39 is 0 Å². The average Bonchev–Trinajstić information content (AvgIpc) is 3.05. The molecule has 1 aliphatic heterocycles. The Morgan fingerprint density at radius 1 is 1.26 bits per heavy atom. The van der Waals surface area contributed by atoms with Gasteiger partial charge in [0.1, 0.15) is 17.4 Å². The molecule has 2 aliphatic rings. The number of amidine groups is 2. The number of ether oxygens (including phenoxy) is 1. The maximum absolute atomic E-state index is 13.6. The fraction of sp³-hybridized carbons (Fsp3) is 0.486. The van der Waals surface area contributed by atoms with Crippen LogP contribution in [0.5, 0.6) is 0 Å². The number of aliphatic imine (C=N–C) groups is 2. The van der Waals surface area contributed by atoms with Crippen molar-refractivity contribution in [1.82, 2.24) is 15.5 Å². The summed E-state index contributed by atoms with van der Waals surface area (Å²) in [5, 5.41) is 37.4. The molecule has 254 valence electrons. The molecule has 0 aromatic carbocycles. The van der Waals surface area contributed by atoms with E-state index in [2.05, 4.69) is 10.6 Å². The molecule has 0 aromatic rings. The summed E-state index contributed by atoms with van der Waals surface area (Å²) in [6.45, 7) is 3.93. The summed E-state index contributed by atoms with van der Waals surface area (Å²) in [4.78, 5) is 11.7. The molecule has 0 aromatic heterocycles. The second-order valence-corrected chi connectivity index (χ2v) is 11.7. The van der Waals surface area contributed by atoms with Crippen molar-refractivity contribution >= 4 is 22.8 Å². The van der Waals surface area contributed by atoms with Gasteiger partial charge in [0.15, 0.2) is 5.17 Å². The van der Waals surface area contributed by atoms with E-state index in [0.717, 1.165) is 35.3 Å². The van der Waals surface area contributed by atoms with Gasteiger partial charge in [-0.3, -0.25) is 4.99 Å². The van der Waals surface area contributed by atoms with Crippen molar-refractivity contribution in [3.63, 3.8) is 0 Å². The zero-order chi connectivity index (χ0) is 33.7. The van der Waals surface area contributed by atoms with Crippen LogP contribution in [0.1, 0.15) is 52.4 Å². The molecule has 5 N–H and O–H groups in total. The van der Waals surface area contributed by atoms with Crippen LogP contribution in [0.15, 0.2) is 105 Å². The highest BCUT2D eigenvalue weighted by atomic mass is 32.2. The van der Waals surface area contributed by atoms with Gasteiger partial charge in [0, 0.05) is 44.8 Å². The molecule has 2 unspecified atom stereocenters. The fourth-order valence-electron chi connectivity index (χ4n) is 4.59. The quantitative estimate of drug-likeness (QED) is 0.0402. The first-order valence-corrected chi connectivity index (χ1v) is 16.8. The van der Waals surface area contributed by atoms with E-state index in [1.807, 2.05) is 62.4 Å². The second kappa shape index (κ2) is 22.2. The van der Waals surface area contributed by atoms with Crippen molar-refractivity contribution in [2.24, 2.45) is 9.98 Å². The van der Waals surface area contributed by atoms with Gasteiger partial charge in [-0.05, 0) is 76.1 Å². The molecule has 0 radical (unpaired) electrons. The molecule has 11 heteroatoms. The first kappa shape index (κ1) is 38.8. The highest BCUT2D eigenvalue weighted by molar-refractivity contribution is 8.14. The predicted octanol–water partition coefficient (Wildman–Crippen LogP) is 5.98. The Balaban J connectivity index is 2.21. The van der Waals surface area contributed by atoms with E-state index in [-0.39, 0.29) is 36.9 Å². The van der Waals surface area contributed by atoms with Crippen LogP contribution in [0.2, 0.25) is 0 Å². The average molecular weight is 658 g/mol. The molecular weight excluding hydrogens is 605 g/mol. The van der Waals surface area contributed by atoms with Crippen molar-refractivity contribution in [2.45, 2.75) is 64.5 Å². The zero-order valence-electron chi connectivity index (χ0n) is 27.9. The van der Waals surface area contributed by atoms with Gasteiger partial charge in [0.05, 0.1) is 37.0 Å². The lowest BCUT2D eigenvalue weighted by Crippen LogP contribution is -2.27. The largest absolute Gasteiger partial charge is 0.512 e. The van der Waals surface area contributed by atoms with Crippen LogP contribution in [-0.4, -0.2) is 90.0 Å². The number of unbranched alkanes of at least 4 members (excludes halogenated alkanes) is 2. The molecule has 2 rings (SSSR count). The Kier molecular flexibility index (Phi) is 18.7. The smallest absolute Gasteiger partial charge is 0.162 e. The van der Waals surface area contributed by atoms with E-state index >= 15 is 0 Å². The standard InChI is InChI=1S/C35H52FN5O4S/c1-6-26(24-43)33(40-34(16-9-8-10-20-42)41(4)19-12-13-27(36)7-2)18-17-28(37-3)22-31(44)25-46-35-38-29-14-11-15-32(45-5)23-30(21-29)39-35/h6-7,11-14,18,21-23,28,30,37,42-44H,8-10,15-17,19-20,24-25H2,1-5H3,(H,38,39)/b13-12-,14-11-,26-6-,27-7+,31-22-,32-23+,33-18+,40-34-. The lowest BCUT2D eigenvalue weighted by Gasteiger charge is -2.21. The minimum absolute atomic E-state index is 0.129. The van der Waals surface area contributed by atoms with Gasteiger partial charge in [0.2, 0.25) is 0 Å². The minimum atomic E-state index is -0.302. The third-order valence-electron chi connectivity index (χ3n) is 7.32. The van der Waals surface area contributed by atoms with Gasteiger partial charge in [0.25, 0.3) is 0 Å². The SMILES string of the molecule is C/C=C(F)\C=C/CN(C)\C(CCCCCO)=N/C(=C/CC(/C=C(\O)CSC1=NC2C=C(/C=C\C/C(OC)=C\2)N1)NC)C(=C\C)/CO. The molecule has 2 bridgehead atoms. The highest BCUT2D eigenvalue weighted by Crippen LogP contribution is 2.21. The summed E-state index contributed by atoms with van der Waals surface area (Å²) in [7, 11) is 5.40. The van der Waals surface area contributed by atoms with Gasteiger partial charge >= 0.3 is 0 Å². The summed E-state index contributed by atoms with van der Waals surface area (Å²) in [6, 6.07) is -0.319. The number of likely N-dealkylation sites (N-methyl/N-ethyl adjacent to an activating group) is 2. The first-order valence-electron chi connectivity index (χ1n) is 15.8. The molecule has 9 nitrogen and oxygen atoms in total. The maximum Gasteiger partial charge on any atom is 0.162 e. The van der Waals surface area contributed by atoms with Gasteiger partial charge in [-0.1, -0.05) is 48.6 Å². The fourth-order valence-corrected chi connectivity index (χ4v) is 5.36. The monoisotopic (exact) mass is 657 g/mol. The summed E-state index contributed by atoms with van der Waals surface area (Å²) >= 11 is 1.42. The maximum atomic E-state index is 13.6. The molecular formula is C35H52FN5O4S. The molecule has 1 heterocycles. The number of halogens is 1. The molecule has 0 saturated heterocycles. The molecule has 1 aliphatic carbocycles. The molecule has 0 fully saturated rings. The Hall–Kier alpha value is -3.38. The summed E-state index contributed by atoms with van der Waals surface area (Å²) in [5.41, 5.74) is 2.29. The first-order chi connectivity index (χ1) is 22.3. The topological polar surface area (TPSA) is 122 Å². The van der Waals surface area contributed by atoms with Crippen LogP contribution in [0.4, 0.5) is 4.39 Å². The number of aliphatic hydroxyl groups is 3. The summed E-state index contributed by atoms with van der Waals surface area (Å²) in [6.07, 6.45) is 22.5. The van der Waals surface area contributed by atoms with E-state index in [0.29, 0.717) is 49.3 Å². The van der Waals surface area contributed by atoms with Gasteiger partial charge in [-0.15, -0.1) is 0 Å². The normalized spacial score (nSPS) is 20.7. The number of fused-ring (bicyclic) bond motifs is 1. The molecule has 0 spiro atoms. The Morgan fingerprint density at radius 3 is 2.74 bits per heavy atom. The highest BCUT2D eigenvalue weighted by Gasteiger charge is 2.17. The third-order valence-corrected chi connectivity index (χ3v) is 8.24. The van der Waals surface area contributed by atoms with Crippen molar-refractivity contribution in [1.29, 1.82) is 0 Å².